The number of hydrogen-bond donors (Lipinski definition) is 1. The maximum Gasteiger partial charge on any atom is 0.317 e. The molecule has 1 unspecified atom stereocenters. The van der Waals surface area contributed by atoms with Crippen molar-refractivity contribution in [3.63, 3.8) is 0 Å². The number of rotatable bonds is 3. The second kappa shape index (κ2) is 6.04. The number of carbonyl (C=O) groups is 1. The maximum absolute atomic E-state index is 12.9. The van der Waals surface area contributed by atoms with Crippen molar-refractivity contribution in [2.45, 2.75) is 45.2 Å². The lowest BCUT2D eigenvalue weighted by atomic mass is 10.0. The summed E-state index contributed by atoms with van der Waals surface area (Å²) in [7, 11) is 0. The molecule has 0 aromatic heterocycles. The van der Waals surface area contributed by atoms with Gasteiger partial charge in [-0.2, -0.15) is 0 Å². The first-order valence-electron chi connectivity index (χ1n) is 6.88. The van der Waals surface area contributed by atoms with Gasteiger partial charge in [0.2, 0.25) is 0 Å². The van der Waals surface area contributed by atoms with Gasteiger partial charge in [-0.15, -0.1) is 0 Å². The van der Waals surface area contributed by atoms with E-state index in [9.17, 15) is 9.18 Å². The fourth-order valence-electron chi connectivity index (χ4n) is 2.54. The highest BCUT2D eigenvalue weighted by molar-refractivity contribution is 5.75. The molecule has 3 nitrogen and oxygen atoms in total. The highest BCUT2D eigenvalue weighted by Gasteiger charge is 2.28. The Kier molecular flexibility index (Phi) is 4.40. The molecular formula is C15H21FN2O. The minimum atomic E-state index is -0.218. The zero-order chi connectivity index (χ0) is 13.8. The molecule has 0 saturated carbocycles. The van der Waals surface area contributed by atoms with E-state index < -0.39 is 0 Å². The van der Waals surface area contributed by atoms with Gasteiger partial charge in [-0.05, 0) is 50.8 Å². The number of hydrogen-bond acceptors (Lipinski definition) is 1. The van der Waals surface area contributed by atoms with Crippen LogP contribution in [0.25, 0.3) is 0 Å². The van der Waals surface area contributed by atoms with Crippen LogP contribution in [0.1, 0.15) is 32.3 Å². The summed E-state index contributed by atoms with van der Waals surface area (Å²) in [6.07, 6.45) is 2.85. The first kappa shape index (κ1) is 13.8. The van der Waals surface area contributed by atoms with Crippen molar-refractivity contribution in [2.75, 3.05) is 6.54 Å². The Morgan fingerprint density at radius 1 is 1.42 bits per heavy atom. The fourth-order valence-corrected chi connectivity index (χ4v) is 2.54. The first-order chi connectivity index (χ1) is 9.06. The van der Waals surface area contributed by atoms with Gasteiger partial charge in [0.05, 0.1) is 0 Å². The minimum Gasteiger partial charge on any atom is -0.336 e. The molecule has 19 heavy (non-hydrogen) atoms. The third-order valence-electron chi connectivity index (χ3n) is 3.43. The van der Waals surface area contributed by atoms with Crippen LogP contribution in [0.4, 0.5) is 9.18 Å². The Balaban J connectivity index is 1.98. The van der Waals surface area contributed by atoms with Gasteiger partial charge in [0, 0.05) is 18.6 Å². The standard InChI is InChI=1S/C15H21FN2O/c1-11(2)17-15(19)18-9-3-4-14(18)10-12-5-7-13(16)8-6-12/h5-8,11,14H,3-4,9-10H2,1-2H3,(H,17,19). The molecule has 1 fully saturated rings. The van der Waals surface area contributed by atoms with Crippen molar-refractivity contribution in [2.24, 2.45) is 0 Å². The lowest BCUT2D eigenvalue weighted by molar-refractivity contribution is 0.190. The number of carbonyl (C=O) groups excluding carboxylic acids is 1. The van der Waals surface area contributed by atoms with Crippen LogP contribution in [-0.4, -0.2) is 29.6 Å². The smallest absolute Gasteiger partial charge is 0.317 e. The summed E-state index contributed by atoms with van der Waals surface area (Å²) in [4.78, 5) is 14.0. The van der Waals surface area contributed by atoms with Crippen molar-refractivity contribution in [1.82, 2.24) is 10.2 Å². The number of urea groups is 1. The molecule has 1 aromatic rings. The number of benzene rings is 1. The summed E-state index contributed by atoms with van der Waals surface area (Å²) in [6.45, 7) is 4.73. The molecule has 0 aliphatic carbocycles. The van der Waals surface area contributed by atoms with Crippen molar-refractivity contribution < 1.29 is 9.18 Å². The van der Waals surface area contributed by atoms with Gasteiger partial charge in [-0.1, -0.05) is 12.1 Å². The second-order valence-corrected chi connectivity index (χ2v) is 5.42. The monoisotopic (exact) mass is 264 g/mol. The van der Waals surface area contributed by atoms with Gasteiger partial charge in [0.15, 0.2) is 0 Å². The van der Waals surface area contributed by atoms with Gasteiger partial charge in [-0.3, -0.25) is 0 Å². The molecular weight excluding hydrogens is 243 g/mol. The van der Waals surface area contributed by atoms with Gasteiger partial charge >= 0.3 is 6.03 Å². The topological polar surface area (TPSA) is 32.3 Å². The van der Waals surface area contributed by atoms with E-state index in [0.717, 1.165) is 31.4 Å². The van der Waals surface area contributed by atoms with E-state index in [2.05, 4.69) is 5.32 Å². The number of nitrogens with zero attached hydrogens (tertiary/aromatic N) is 1. The Morgan fingerprint density at radius 2 is 2.11 bits per heavy atom. The third kappa shape index (κ3) is 3.69. The summed E-state index contributed by atoms with van der Waals surface area (Å²) >= 11 is 0. The molecule has 1 aliphatic heterocycles. The molecule has 2 rings (SSSR count). The van der Waals surface area contributed by atoms with E-state index in [1.165, 1.54) is 12.1 Å². The van der Waals surface area contributed by atoms with Crippen LogP contribution in [0.2, 0.25) is 0 Å². The lowest BCUT2D eigenvalue weighted by Gasteiger charge is -2.26. The largest absolute Gasteiger partial charge is 0.336 e. The molecule has 1 atom stereocenters. The zero-order valence-electron chi connectivity index (χ0n) is 11.5. The van der Waals surface area contributed by atoms with E-state index >= 15 is 0 Å². The zero-order valence-corrected chi connectivity index (χ0v) is 11.5. The van der Waals surface area contributed by atoms with Crippen LogP contribution in [0.15, 0.2) is 24.3 Å². The summed E-state index contributed by atoms with van der Waals surface area (Å²) in [5.74, 6) is -0.218. The number of amides is 2. The van der Waals surface area contributed by atoms with Crippen LogP contribution in [0, 0.1) is 5.82 Å². The number of nitrogens with one attached hydrogen (secondary N) is 1. The summed E-state index contributed by atoms with van der Waals surface area (Å²) in [5.41, 5.74) is 1.08. The van der Waals surface area contributed by atoms with Crippen LogP contribution >= 0.6 is 0 Å². The highest BCUT2D eigenvalue weighted by Crippen LogP contribution is 2.21. The van der Waals surface area contributed by atoms with Crippen molar-refractivity contribution in [1.29, 1.82) is 0 Å². The molecule has 104 valence electrons. The molecule has 1 N–H and O–H groups in total. The summed E-state index contributed by atoms with van der Waals surface area (Å²) in [5, 5.41) is 2.94. The first-order valence-corrected chi connectivity index (χ1v) is 6.88. The van der Waals surface area contributed by atoms with E-state index in [-0.39, 0.29) is 23.9 Å². The SMILES string of the molecule is CC(C)NC(=O)N1CCCC1Cc1ccc(F)cc1. The lowest BCUT2D eigenvalue weighted by Crippen LogP contribution is -2.45. The fraction of sp³-hybridized carbons (Fsp3) is 0.533. The number of likely N-dealkylation sites (tertiary alicyclic amines) is 1. The minimum absolute atomic E-state index is 0.0135. The third-order valence-corrected chi connectivity index (χ3v) is 3.43. The van der Waals surface area contributed by atoms with Gasteiger partial charge in [-0.25, -0.2) is 9.18 Å². The average molecular weight is 264 g/mol. The van der Waals surface area contributed by atoms with Crippen LogP contribution in [0.5, 0.6) is 0 Å². The van der Waals surface area contributed by atoms with Gasteiger partial charge < -0.3 is 10.2 Å². The second-order valence-electron chi connectivity index (χ2n) is 5.42. The Morgan fingerprint density at radius 3 is 2.74 bits per heavy atom. The quantitative estimate of drug-likeness (QED) is 0.894. The van der Waals surface area contributed by atoms with E-state index in [4.69, 9.17) is 0 Å². The summed E-state index contributed by atoms with van der Waals surface area (Å²) < 4.78 is 12.9. The Hall–Kier alpha value is -1.58. The van der Waals surface area contributed by atoms with E-state index in [1.54, 1.807) is 12.1 Å². The van der Waals surface area contributed by atoms with E-state index in [1.807, 2.05) is 18.7 Å². The average Bonchev–Trinajstić information content (AvgIpc) is 2.79. The molecule has 1 aromatic carbocycles. The van der Waals surface area contributed by atoms with Gasteiger partial charge in [0.25, 0.3) is 0 Å². The van der Waals surface area contributed by atoms with Crippen molar-refractivity contribution in [3.05, 3.63) is 35.6 Å². The molecule has 0 spiro atoms. The Bertz CT molecular complexity index is 430. The number of halogens is 1. The van der Waals surface area contributed by atoms with E-state index in [0.29, 0.717) is 0 Å². The van der Waals surface area contributed by atoms with Crippen LogP contribution < -0.4 is 5.32 Å². The summed E-state index contributed by atoms with van der Waals surface area (Å²) in [6, 6.07) is 6.94. The molecule has 2 amide bonds. The molecule has 0 radical (unpaired) electrons. The molecule has 1 aliphatic rings. The normalized spacial score (nSPS) is 18.9. The maximum atomic E-state index is 12.9. The van der Waals surface area contributed by atoms with Gasteiger partial charge in [0.1, 0.15) is 5.82 Å². The van der Waals surface area contributed by atoms with Crippen LogP contribution in [-0.2, 0) is 6.42 Å². The molecule has 1 saturated heterocycles. The predicted molar refractivity (Wildman–Crippen MR) is 73.5 cm³/mol. The Labute approximate surface area is 113 Å². The molecule has 4 heteroatoms. The van der Waals surface area contributed by atoms with Crippen molar-refractivity contribution in [3.8, 4) is 0 Å². The highest BCUT2D eigenvalue weighted by atomic mass is 19.1. The molecule has 0 bridgehead atoms. The molecule has 1 heterocycles. The van der Waals surface area contributed by atoms with Crippen LogP contribution in [0.3, 0.4) is 0 Å². The van der Waals surface area contributed by atoms with Crippen molar-refractivity contribution >= 4 is 6.03 Å². The predicted octanol–water partition coefficient (Wildman–Crippen LogP) is 2.95.